The second-order valence-corrected chi connectivity index (χ2v) is 6.05. The van der Waals surface area contributed by atoms with Crippen molar-refractivity contribution < 1.29 is 9.84 Å². The van der Waals surface area contributed by atoms with Gasteiger partial charge in [0.2, 0.25) is 0 Å². The Morgan fingerprint density at radius 2 is 1.89 bits per heavy atom. The Kier molecular flexibility index (Phi) is 3.76. The summed E-state index contributed by atoms with van der Waals surface area (Å²) in [6.45, 7) is 8.64. The Bertz CT molecular complexity index is 391. The molecule has 0 amide bonds. The molecule has 1 aliphatic rings. The van der Waals surface area contributed by atoms with Crippen LogP contribution in [0.2, 0.25) is 0 Å². The number of ether oxygens (including phenoxy) is 1. The number of rotatable bonds is 3. The van der Waals surface area contributed by atoms with E-state index < -0.39 is 0 Å². The molecule has 0 aliphatic carbocycles. The summed E-state index contributed by atoms with van der Waals surface area (Å²) in [6.07, 6.45) is 0. The number of nitrogens with zero attached hydrogens (tertiary/aromatic N) is 1. The molecule has 0 radical (unpaired) electrons. The Morgan fingerprint density at radius 1 is 1.22 bits per heavy atom. The first-order valence-corrected chi connectivity index (χ1v) is 6.49. The molecule has 1 heterocycles. The average Bonchev–Trinajstić information content (AvgIpc) is 2.35. The van der Waals surface area contributed by atoms with E-state index in [9.17, 15) is 5.11 Å². The van der Waals surface area contributed by atoms with Crippen molar-refractivity contribution in [3.63, 3.8) is 0 Å². The van der Waals surface area contributed by atoms with E-state index in [2.05, 4.69) is 49.9 Å². The summed E-state index contributed by atoms with van der Waals surface area (Å²) in [5.74, 6) is 0. The van der Waals surface area contributed by atoms with Gasteiger partial charge in [-0.25, -0.2) is 0 Å². The quantitative estimate of drug-likeness (QED) is 0.890. The third-order valence-electron chi connectivity index (χ3n) is 3.67. The fourth-order valence-corrected chi connectivity index (χ4v) is 2.33. The Hall–Kier alpha value is -0.900. The lowest BCUT2D eigenvalue weighted by molar-refractivity contribution is -0.163. The molecule has 3 nitrogen and oxygen atoms in total. The van der Waals surface area contributed by atoms with Crippen LogP contribution >= 0.6 is 0 Å². The van der Waals surface area contributed by atoms with Crippen molar-refractivity contribution in [2.45, 2.75) is 38.5 Å². The van der Waals surface area contributed by atoms with E-state index >= 15 is 0 Å². The lowest BCUT2D eigenvalue weighted by Gasteiger charge is -2.49. The molecule has 1 aliphatic heterocycles. The van der Waals surface area contributed by atoms with Crippen LogP contribution in [-0.2, 0) is 11.3 Å². The molecule has 1 aromatic rings. The zero-order valence-electron chi connectivity index (χ0n) is 11.5. The minimum absolute atomic E-state index is 0.121. The van der Waals surface area contributed by atoms with Crippen molar-refractivity contribution in [1.29, 1.82) is 0 Å². The van der Waals surface area contributed by atoms with E-state index in [1.165, 1.54) is 5.56 Å². The molecule has 100 valence electrons. The summed E-state index contributed by atoms with van der Waals surface area (Å²) in [7, 11) is 0. The topological polar surface area (TPSA) is 32.7 Å². The van der Waals surface area contributed by atoms with Crippen LogP contribution in [0.1, 0.15) is 26.3 Å². The van der Waals surface area contributed by atoms with Crippen molar-refractivity contribution in [1.82, 2.24) is 4.90 Å². The molecular weight excluding hydrogens is 226 g/mol. The molecule has 1 fully saturated rings. The Labute approximate surface area is 109 Å². The smallest absolute Gasteiger partial charge is 0.0754 e. The maximum atomic E-state index is 9.65. The van der Waals surface area contributed by atoms with Gasteiger partial charge in [-0.3, -0.25) is 4.90 Å². The van der Waals surface area contributed by atoms with E-state index in [0.717, 1.165) is 13.1 Å². The monoisotopic (exact) mass is 249 g/mol. The van der Waals surface area contributed by atoms with Gasteiger partial charge in [0.05, 0.1) is 24.4 Å². The SMILES string of the molecule is CC1(C)CN(Cc2ccccc2)C(C)(CO)CO1. The lowest BCUT2D eigenvalue weighted by Crippen LogP contribution is -2.62. The minimum Gasteiger partial charge on any atom is -0.394 e. The highest BCUT2D eigenvalue weighted by Gasteiger charge is 2.41. The molecule has 0 saturated carbocycles. The van der Waals surface area contributed by atoms with Crippen LogP contribution in [0.3, 0.4) is 0 Å². The molecular formula is C15H23NO2. The van der Waals surface area contributed by atoms with Crippen molar-refractivity contribution in [3.8, 4) is 0 Å². The van der Waals surface area contributed by atoms with E-state index in [-0.39, 0.29) is 17.7 Å². The van der Waals surface area contributed by atoms with Gasteiger partial charge >= 0.3 is 0 Å². The number of benzene rings is 1. The van der Waals surface area contributed by atoms with Gasteiger partial charge in [0.15, 0.2) is 0 Å². The molecule has 1 aromatic carbocycles. The van der Waals surface area contributed by atoms with Crippen molar-refractivity contribution in [3.05, 3.63) is 35.9 Å². The summed E-state index contributed by atoms with van der Waals surface area (Å²) in [6, 6.07) is 10.4. The highest BCUT2D eigenvalue weighted by Crippen LogP contribution is 2.29. The maximum Gasteiger partial charge on any atom is 0.0754 e. The largest absolute Gasteiger partial charge is 0.394 e. The predicted octanol–water partition coefficient (Wildman–Crippen LogP) is 2.05. The molecule has 1 atom stereocenters. The maximum absolute atomic E-state index is 9.65. The second kappa shape index (κ2) is 5.00. The van der Waals surface area contributed by atoms with E-state index in [1.54, 1.807) is 0 Å². The fourth-order valence-electron chi connectivity index (χ4n) is 2.33. The van der Waals surface area contributed by atoms with Gasteiger partial charge in [-0.1, -0.05) is 30.3 Å². The van der Waals surface area contributed by atoms with Crippen LogP contribution in [-0.4, -0.2) is 40.9 Å². The normalized spacial score (nSPS) is 28.2. The van der Waals surface area contributed by atoms with Gasteiger partial charge in [-0.15, -0.1) is 0 Å². The van der Waals surface area contributed by atoms with Crippen LogP contribution in [0.4, 0.5) is 0 Å². The van der Waals surface area contributed by atoms with Gasteiger partial charge in [-0.2, -0.15) is 0 Å². The summed E-state index contributed by atoms with van der Waals surface area (Å²) in [4.78, 5) is 2.33. The second-order valence-electron chi connectivity index (χ2n) is 6.05. The van der Waals surface area contributed by atoms with Crippen molar-refractivity contribution >= 4 is 0 Å². The van der Waals surface area contributed by atoms with E-state index in [1.807, 2.05) is 6.07 Å². The van der Waals surface area contributed by atoms with Crippen LogP contribution in [0.15, 0.2) is 30.3 Å². The first kappa shape index (κ1) is 13.5. The van der Waals surface area contributed by atoms with Crippen LogP contribution in [0.25, 0.3) is 0 Å². The number of morpholine rings is 1. The minimum atomic E-state index is -0.286. The number of aliphatic hydroxyl groups is 1. The van der Waals surface area contributed by atoms with Gasteiger partial charge in [-0.05, 0) is 26.3 Å². The Balaban J connectivity index is 2.16. The molecule has 1 saturated heterocycles. The third-order valence-corrected chi connectivity index (χ3v) is 3.67. The number of hydrogen-bond acceptors (Lipinski definition) is 3. The molecule has 18 heavy (non-hydrogen) atoms. The van der Waals surface area contributed by atoms with Crippen LogP contribution in [0.5, 0.6) is 0 Å². The zero-order valence-corrected chi connectivity index (χ0v) is 11.5. The first-order valence-electron chi connectivity index (χ1n) is 6.49. The zero-order chi connectivity index (χ0) is 13.2. The summed E-state index contributed by atoms with van der Waals surface area (Å²) < 4.78 is 5.84. The standard InChI is InChI=1S/C15H23NO2/c1-14(2)10-16(15(3,11-17)12-18-14)9-13-7-5-4-6-8-13/h4-8,17H,9-12H2,1-3H3. The van der Waals surface area contributed by atoms with Gasteiger partial charge in [0.25, 0.3) is 0 Å². The number of aliphatic hydroxyl groups excluding tert-OH is 1. The van der Waals surface area contributed by atoms with Crippen LogP contribution in [0, 0.1) is 0 Å². The third kappa shape index (κ3) is 2.91. The highest BCUT2D eigenvalue weighted by molar-refractivity contribution is 5.15. The molecule has 0 aromatic heterocycles. The predicted molar refractivity (Wildman–Crippen MR) is 72.4 cm³/mol. The molecule has 1 N–H and O–H groups in total. The molecule has 0 bridgehead atoms. The molecule has 1 unspecified atom stereocenters. The van der Waals surface area contributed by atoms with Crippen molar-refractivity contribution in [2.75, 3.05) is 19.8 Å². The Morgan fingerprint density at radius 3 is 2.50 bits per heavy atom. The lowest BCUT2D eigenvalue weighted by atomic mass is 9.94. The van der Waals surface area contributed by atoms with E-state index in [0.29, 0.717) is 6.61 Å². The number of hydrogen-bond donors (Lipinski definition) is 1. The average molecular weight is 249 g/mol. The van der Waals surface area contributed by atoms with Gasteiger partial charge < -0.3 is 9.84 Å². The van der Waals surface area contributed by atoms with Crippen molar-refractivity contribution in [2.24, 2.45) is 0 Å². The van der Waals surface area contributed by atoms with Crippen LogP contribution < -0.4 is 0 Å². The summed E-state index contributed by atoms with van der Waals surface area (Å²) in [5, 5.41) is 9.65. The fraction of sp³-hybridized carbons (Fsp3) is 0.600. The highest BCUT2D eigenvalue weighted by atomic mass is 16.5. The van der Waals surface area contributed by atoms with Gasteiger partial charge in [0.1, 0.15) is 0 Å². The molecule has 3 heteroatoms. The first-order chi connectivity index (χ1) is 8.45. The summed E-state index contributed by atoms with van der Waals surface area (Å²) in [5.41, 5.74) is 0.837. The molecule has 0 spiro atoms. The van der Waals surface area contributed by atoms with E-state index in [4.69, 9.17) is 4.74 Å². The summed E-state index contributed by atoms with van der Waals surface area (Å²) >= 11 is 0. The molecule has 2 rings (SSSR count). The van der Waals surface area contributed by atoms with Gasteiger partial charge in [0, 0.05) is 13.1 Å².